The number of carbonyl (C=O) groups is 1. The van der Waals surface area contributed by atoms with Crippen molar-refractivity contribution in [3.8, 4) is 0 Å². The van der Waals surface area contributed by atoms with Crippen LogP contribution < -0.4 is 11.1 Å². The number of hydrogen-bond donors (Lipinski definition) is 2. The first-order chi connectivity index (χ1) is 12.1. The second-order valence-electron chi connectivity index (χ2n) is 6.17. The fourth-order valence-corrected chi connectivity index (χ4v) is 3.77. The minimum Gasteiger partial charge on any atom is -0.351 e. The zero-order valence-electron chi connectivity index (χ0n) is 13.6. The molecule has 6 heteroatoms. The van der Waals surface area contributed by atoms with E-state index in [1.807, 2.05) is 30.3 Å². The van der Waals surface area contributed by atoms with Crippen molar-refractivity contribution in [3.63, 3.8) is 0 Å². The van der Waals surface area contributed by atoms with Crippen LogP contribution >= 0.6 is 11.8 Å². The number of halogens is 2. The second-order valence-corrected chi connectivity index (χ2v) is 7.32. The van der Waals surface area contributed by atoms with Gasteiger partial charge in [-0.05, 0) is 36.5 Å². The monoisotopic (exact) mass is 362 g/mol. The smallest absolute Gasteiger partial charge is 0.238 e. The molecular formula is C19H20F2N2OS. The molecule has 2 aromatic carbocycles. The number of hydrogen-bond acceptors (Lipinski definition) is 3. The Labute approximate surface area is 150 Å². The average molecular weight is 362 g/mol. The molecule has 2 aromatic rings. The van der Waals surface area contributed by atoms with Crippen LogP contribution in [0.4, 0.5) is 8.78 Å². The summed E-state index contributed by atoms with van der Waals surface area (Å²) in [6.07, 6.45) is 2.13. The highest BCUT2D eigenvalue weighted by Gasteiger charge is 2.33. The Kier molecular flexibility index (Phi) is 5.71. The number of nitrogens with one attached hydrogen (secondary N) is 1. The first kappa shape index (κ1) is 17.9. The standard InChI is InChI=1S/C19H20F2N2OS/c20-14-8-9-17(15(21)10-14)25-18(13-4-2-1-3-5-13)19(24)23-16(11-22)12-6-7-12/h1-5,8-10,12,16,18H,6-7,11,22H2,(H,23,24). The van der Waals surface area contributed by atoms with Gasteiger partial charge in [0.15, 0.2) is 0 Å². The van der Waals surface area contributed by atoms with Gasteiger partial charge in [-0.15, -0.1) is 11.8 Å². The number of carbonyl (C=O) groups excluding carboxylic acids is 1. The van der Waals surface area contributed by atoms with Crippen molar-refractivity contribution in [2.45, 2.75) is 29.0 Å². The van der Waals surface area contributed by atoms with Gasteiger partial charge in [-0.3, -0.25) is 4.79 Å². The SMILES string of the molecule is NCC(NC(=O)C(Sc1ccc(F)cc1F)c1ccccc1)C1CC1. The molecule has 1 saturated carbocycles. The van der Waals surface area contributed by atoms with E-state index in [2.05, 4.69) is 5.32 Å². The van der Waals surface area contributed by atoms with Crippen molar-refractivity contribution in [1.29, 1.82) is 0 Å². The molecule has 0 heterocycles. The first-order valence-electron chi connectivity index (χ1n) is 8.25. The maximum Gasteiger partial charge on any atom is 0.238 e. The van der Waals surface area contributed by atoms with E-state index < -0.39 is 16.9 Å². The summed E-state index contributed by atoms with van der Waals surface area (Å²) in [6, 6.07) is 12.5. The molecule has 3 rings (SSSR count). The summed E-state index contributed by atoms with van der Waals surface area (Å²) >= 11 is 1.08. The van der Waals surface area contributed by atoms with Crippen LogP contribution in [0.15, 0.2) is 53.4 Å². The molecule has 1 aliphatic carbocycles. The lowest BCUT2D eigenvalue weighted by molar-refractivity contribution is -0.121. The molecule has 0 radical (unpaired) electrons. The van der Waals surface area contributed by atoms with Gasteiger partial charge in [0.2, 0.25) is 5.91 Å². The Morgan fingerprint density at radius 1 is 1.20 bits per heavy atom. The maximum absolute atomic E-state index is 14.0. The van der Waals surface area contributed by atoms with E-state index in [0.29, 0.717) is 12.5 Å². The summed E-state index contributed by atoms with van der Waals surface area (Å²) in [5.74, 6) is -1.09. The van der Waals surface area contributed by atoms with E-state index in [-0.39, 0.29) is 16.8 Å². The molecule has 0 bridgehead atoms. The fraction of sp³-hybridized carbons (Fsp3) is 0.316. The van der Waals surface area contributed by atoms with Crippen LogP contribution in [-0.2, 0) is 4.79 Å². The van der Waals surface area contributed by atoms with Crippen molar-refractivity contribution < 1.29 is 13.6 Å². The van der Waals surface area contributed by atoms with Crippen molar-refractivity contribution >= 4 is 17.7 Å². The van der Waals surface area contributed by atoms with Gasteiger partial charge in [-0.2, -0.15) is 0 Å². The third-order valence-corrected chi connectivity index (χ3v) is 5.56. The number of amides is 1. The molecular weight excluding hydrogens is 342 g/mol. The molecule has 0 saturated heterocycles. The minimum absolute atomic E-state index is 0.0580. The van der Waals surface area contributed by atoms with Crippen molar-refractivity contribution in [1.82, 2.24) is 5.32 Å². The molecule has 3 N–H and O–H groups in total. The van der Waals surface area contributed by atoms with Gasteiger partial charge in [0.25, 0.3) is 0 Å². The van der Waals surface area contributed by atoms with Crippen molar-refractivity contribution in [3.05, 3.63) is 65.7 Å². The van der Waals surface area contributed by atoms with E-state index in [9.17, 15) is 13.6 Å². The first-order valence-corrected chi connectivity index (χ1v) is 9.13. The van der Waals surface area contributed by atoms with Gasteiger partial charge >= 0.3 is 0 Å². The van der Waals surface area contributed by atoms with Crippen LogP contribution in [-0.4, -0.2) is 18.5 Å². The highest BCUT2D eigenvalue weighted by Crippen LogP contribution is 2.38. The Morgan fingerprint density at radius 3 is 2.52 bits per heavy atom. The van der Waals surface area contributed by atoms with Gasteiger partial charge in [0.1, 0.15) is 16.9 Å². The quantitative estimate of drug-likeness (QED) is 0.739. The van der Waals surface area contributed by atoms with E-state index in [0.717, 1.165) is 36.2 Å². The lowest BCUT2D eigenvalue weighted by Gasteiger charge is -2.22. The predicted octanol–water partition coefficient (Wildman–Crippen LogP) is 3.65. The Balaban J connectivity index is 1.83. The molecule has 25 heavy (non-hydrogen) atoms. The van der Waals surface area contributed by atoms with E-state index >= 15 is 0 Å². The zero-order valence-corrected chi connectivity index (χ0v) is 14.4. The van der Waals surface area contributed by atoms with Gasteiger partial charge in [0.05, 0.1) is 0 Å². The maximum atomic E-state index is 14.0. The third kappa shape index (κ3) is 4.58. The largest absolute Gasteiger partial charge is 0.351 e. The van der Waals surface area contributed by atoms with Crippen LogP contribution in [0, 0.1) is 17.6 Å². The summed E-state index contributed by atoms with van der Waals surface area (Å²) in [7, 11) is 0. The Hall–Kier alpha value is -1.92. The van der Waals surface area contributed by atoms with Crippen LogP contribution in [0.5, 0.6) is 0 Å². The summed E-state index contributed by atoms with van der Waals surface area (Å²) in [5, 5.41) is 2.37. The highest BCUT2D eigenvalue weighted by molar-refractivity contribution is 8.00. The molecule has 0 aliphatic heterocycles. The number of nitrogens with two attached hydrogens (primary N) is 1. The molecule has 1 aliphatic rings. The molecule has 132 valence electrons. The molecule has 1 amide bonds. The van der Waals surface area contributed by atoms with E-state index in [1.54, 1.807) is 0 Å². The van der Waals surface area contributed by atoms with Crippen molar-refractivity contribution in [2.75, 3.05) is 6.54 Å². The Morgan fingerprint density at radius 2 is 1.92 bits per heavy atom. The lowest BCUT2D eigenvalue weighted by atomic mass is 10.1. The highest BCUT2D eigenvalue weighted by atomic mass is 32.2. The molecule has 2 unspecified atom stereocenters. The lowest BCUT2D eigenvalue weighted by Crippen LogP contribution is -2.43. The number of benzene rings is 2. The molecule has 3 nitrogen and oxygen atoms in total. The predicted molar refractivity (Wildman–Crippen MR) is 95.1 cm³/mol. The normalized spacial score (nSPS) is 16.3. The summed E-state index contributed by atoms with van der Waals surface area (Å²) < 4.78 is 27.2. The number of thioether (sulfide) groups is 1. The number of rotatable bonds is 7. The third-order valence-electron chi connectivity index (χ3n) is 4.25. The average Bonchev–Trinajstić information content (AvgIpc) is 3.44. The summed E-state index contributed by atoms with van der Waals surface area (Å²) in [6.45, 7) is 0.382. The van der Waals surface area contributed by atoms with Gasteiger partial charge in [-0.1, -0.05) is 30.3 Å². The van der Waals surface area contributed by atoms with Gasteiger partial charge in [0, 0.05) is 23.5 Å². The molecule has 0 aromatic heterocycles. The van der Waals surface area contributed by atoms with Crippen LogP contribution in [0.2, 0.25) is 0 Å². The van der Waals surface area contributed by atoms with Crippen molar-refractivity contribution in [2.24, 2.45) is 11.7 Å². The van der Waals surface area contributed by atoms with Gasteiger partial charge in [-0.25, -0.2) is 8.78 Å². The van der Waals surface area contributed by atoms with Crippen LogP contribution in [0.25, 0.3) is 0 Å². The van der Waals surface area contributed by atoms with Gasteiger partial charge < -0.3 is 11.1 Å². The van der Waals surface area contributed by atoms with E-state index in [4.69, 9.17) is 5.73 Å². The minimum atomic E-state index is -0.670. The van der Waals surface area contributed by atoms with Crippen LogP contribution in [0.1, 0.15) is 23.7 Å². The van der Waals surface area contributed by atoms with E-state index in [1.165, 1.54) is 12.1 Å². The Bertz CT molecular complexity index is 737. The fourth-order valence-electron chi connectivity index (χ4n) is 2.72. The second kappa shape index (κ2) is 7.97. The topological polar surface area (TPSA) is 55.1 Å². The molecule has 0 spiro atoms. The molecule has 2 atom stereocenters. The molecule has 1 fully saturated rings. The zero-order chi connectivity index (χ0) is 17.8. The summed E-state index contributed by atoms with van der Waals surface area (Å²) in [4.78, 5) is 13.1. The summed E-state index contributed by atoms with van der Waals surface area (Å²) in [5.41, 5.74) is 6.54. The van der Waals surface area contributed by atoms with Crippen LogP contribution in [0.3, 0.4) is 0 Å².